The van der Waals surface area contributed by atoms with Crippen LogP contribution in [0.4, 0.5) is 9.59 Å². The van der Waals surface area contributed by atoms with E-state index in [0.29, 0.717) is 12.8 Å². The number of rotatable bonds is 2. The van der Waals surface area contributed by atoms with Crippen molar-refractivity contribution in [1.29, 1.82) is 0 Å². The van der Waals surface area contributed by atoms with E-state index in [1.807, 2.05) is 41.5 Å². The van der Waals surface area contributed by atoms with Crippen LogP contribution in [0.15, 0.2) is 0 Å². The number of hydrogen-bond acceptors (Lipinski definition) is 6. The van der Waals surface area contributed by atoms with E-state index in [4.69, 9.17) is 9.47 Å². The van der Waals surface area contributed by atoms with Gasteiger partial charge in [0.2, 0.25) is 0 Å². The Hall–Kier alpha value is -1.54. The summed E-state index contributed by atoms with van der Waals surface area (Å²) >= 11 is 0. The smallest absolute Gasteiger partial charge is 0.407 e. The average molecular weight is 403 g/mol. The highest BCUT2D eigenvalue weighted by Gasteiger charge is 2.27. The Labute approximate surface area is 168 Å². The van der Waals surface area contributed by atoms with E-state index in [-0.39, 0.29) is 24.3 Å². The summed E-state index contributed by atoms with van der Waals surface area (Å²) in [6.07, 6.45) is 3.15. The fourth-order valence-electron chi connectivity index (χ4n) is 3.13. The van der Waals surface area contributed by atoms with Crippen molar-refractivity contribution < 1.29 is 29.3 Å². The van der Waals surface area contributed by atoms with E-state index in [1.54, 1.807) is 0 Å². The molecule has 0 aliphatic heterocycles. The zero-order valence-electron chi connectivity index (χ0n) is 18.1. The maximum absolute atomic E-state index is 11.3. The SMILES string of the molecule is CC(C)(C)OC(=O)N[C@@H]1CC[C@@H](O)C1.CC(C)(C)OC(=O)N[C@H]1CC[C@H](O)C1. The minimum Gasteiger partial charge on any atom is -0.444 e. The quantitative estimate of drug-likeness (QED) is 0.564. The Balaban J connectivity index is 0.000000280. The molecule has 2 fully saturated rings. The number of alkyl carbamates (subject to hydrolysis) is 2. The lowest BCUT2D eigenvalue weighted by atomic mass is 10.2. The molecular formula is C20H38N2O6. The zero-order valence-corrected chi connectivity index (χ0v) is 18.1. The standard InChI is InChI=1S/2C10H19NO3/c2*1-10(2,3)14-9(13)11-7-4-5-8(12)6-7/h2*7-8,12H,4-6H2,1-3H3,(H,11,13)/t2*7-,8-/m10/s1. The first-order chi connectivity index (χ1) is 12.7. The van der Waals surface area contributed by atoms with Gasteiger partial charge in [-0.3, -0.25) is 0 Å². The molecule has 0 aromatic rings. The molecule has 0 aromatic carbocycles. The number of hydrogen-bond donors (Lipinski definition) is 4. The second-order valence-electron chi connectivity index (χ2n) is 9.62. The van der Waals surface area contributed by atoms with Crippen LogP contribution >= 0.6 is 0 Å². The molecule has 0 unspecified atom stereocenters. The van der Waals surface area contributed by atoms with Crippen LogP contribution < -0.4 is 10.6 Å². The molecule has 0 saturated heterocycles. The van der Waals surface area contributed by atoms with Crippen LogP contribution in [-0.4, -0.2) is 57.9 Å². The number of ether oxygens (including phenoxy) is 2. The van der Waals surface area contributed by atoms with Crippen molar-refractivity contribution in [3.8, 4) is 0 Å². The lowest BCUT2D eigenvalue weighted by molar-refractivity contribution is 0.0489. The third-order valence-electron chi connectivity index (χ3n) is 4.25. The number of carbonyl (C=O) groups is 2. The fourth-order valence-corrected chi connectivity index (χ4v) is 3.13. The van der Waals surface area contributed by atoms with Gasteiger partial charge in [-0.05, 0) is 80.1 Å². The fraction of sp³-hybridized carbons (Fsp3) is 0.900. The predicted octanol–water partition coefficient (Wildman–Crippen LogP) is 2.85. The van der Waals surface area contributed by atoms with Gasteiger partial charge in [0.05, 0.1) is 12.2 Å². The van der Waals surface area contributed by atoms with E-state index >= 15 is 0 Å². The minimum atomic E-state index is -0.457. The zero-order chi connectivity index (χ0) is 21.5. The topological polar surface area (TPSA) is 117 Å². The molecule has 0 bridgehead atoms. The van der Waals surface area contributed by atoms with Gasteiger partial charge in [-0.1, -0.05) is 0 Å². The molecule has 4 N–H and O–H groups in total. The van der Waals surface area contributed by atoms with Gasteiger partial charge in [0, 0.05) is 12.1 Å². The summed E-state index contributed by atoms with van der Waals surface area (Å²) in [4.78, 5) is 22.6. The Bertz CT molecular complexity index is 466. The molecule has 2 saturated carbocycles. The largest absolute Gasteiger partial charge is 0.444 e. The molecule has 164 valence electrons. The first kappa shape index (κ1) is 24.5. The lowest BCUT2D eigenvalue weighted by Gasteiger charge is -2.21. The molecule has 0 aromatic heterocycles. The number of aliphatic hydroxyl groups excluding tert-OH is 2. The third kappa shape index (κ3) is 11.3. The molecule has 0 spiro atoms. The average Bonchev–Trinajstić information content (AvgIpc) is 3.04. The van der Waals surface area contributed by atoms with Crippen molar-refractivity contribution in [2.45, 2.75) is 116 Å². The van der Waals surface area contributed by atoms with Crippen LogP contribution in [0.3, 0.4) is 0 Å². The number of amides is 2. The van der Waals surface area contributed by atoms with E-state index < -0.39 is 23.4 Å². The van der Waals surface area contributed by atoms with Crippen molar-refractivity contribution in [2.75, 3.05) is 0 Å². The summed E-state index contributed by atoms with van der Waals surface area (Å²) in [6, 6.07) is 0.139. The van der Waals surface area contributed by atoms with Crippen LogP contribution in [0.2, 0.25) is 0 Å². The summed E-state index contributed by atoms with van der Waals surface area (Å²) in [5.41, 5.74) is -0.914. The van der Waals surface area contributed by atoms with Crippen molar-refractivity contribution in [3.63, 3.8) is 0 Å². The van der Waals surface area contributed by atoms with Crippen LogP contribution in [-0.2, 0) is 9.47 Å². The van der Waals surface area contributed by atoms with Gasteiger partial charge in [-0.2, -0.15) is 0 Å². The van der Waals surface area contributed by atoms with Crippen LogP contribution in [0.5, 0.6) is 0 Å². The monoisotopic (exact) mass is 402 g/mol. The molecule has 2 aliphatic rings. The van der Waals surface area contributed by atoms with E-state index in [2.05, 4.69) is 10.6 Å². The van der Waals surface area contributed by atoms with Gasteiger partial charge in [0.15, 0.2) is 0 Å². The van der Waals surface area contributed by atoms with Crippen LogP contribution in [0.25, 0.3) is 0 Å². The maximum atomic E-state index is 11.3. The number of aliphatic hydroxyl groups is 2. The van der Waals surface area contributed by atoms with Gasteiger partial charge in [-0.15, -0.1) is 0 Å². The van der Waals surface area contributed by atoms with Gasteiger partial charge in [0.25, 0.3) is 0 Å². The predicted molar refractivity (Wildman–Crippen MR) is 106 cm³/mol. The van der Waals surface area contributed by atoms with Crippen molar-refractivity contribution >= 4 is 12.2 Å². The first-order valence-corrected chi connectivity index (χ1v) is 10.1. The van der Waals surface area contributed by atoms with E-state index in [1.165, 1.54) is 0 Å². The molecule has 8 heteroatoms. The summed E-state index contributed by atoms with van der Waals surface area (Å²) in [5.74, 6) is 0. The Morgan fingerprint density at radius 1 is 0.714 bits per heavy atom. The molecule has 4 atom stereocenters. The molecule has 2 aliphatic carbocycles. The Kier molecular flexibility index (Phi) is 9.01. The van der Waals surface area contributed by atoms with Gasteiger partial charge < -0.3 is 30.3 Å². The first-order valence-electron chi connectivity index (χ1n) is 10.1. The highest BCUT2D eigenvalue weighted by Crippen LogP contribution is 2.20. The molecule has 0 heterocycles. The second-order valence-corrected chi connectivity index (χ2v) is 9.62. The highest BCUT2D eigenvalue weighted by atomic mass is 16.6. The van der Waals surface area contributed by atoms with Gasteiger partial charge in [-0.25, -0.2) is 9.59 Å². The third-order valence-corrected chi connectivity index (χ3v) is 4.25. The van der Waals surface area contributed by atoms with Gasteiger partial charge >= 0.3 is 12.2 Å². The van der Waals surface area contributed by atoms with Gasteiger partial charge in [0.1, 0.15) is 11.2 Å². The summed E-state index contributed by atoms with van der Waals surface area (Å²) in [5, 5.41) is 24.0. The van der Waals surface area contributed by atoms with Crippen molar-refractivity contribution in [1.82, 2.24) is 10.6 Å². The minimum absolute atomic E-state index is 0.0693. The van der Waals surface area contributed by atoms with E-state index in [9.17, 15) is 19.8 Å². The normalized spacial score (nSPS) is 27.4. The van der Waals surface area contributed by atoms with Crippen molar-refractivity contribution in [2.24, 2.45) is 0 Å². The molecule has 2 amide bonds. The molecular weight excluding hydrogens is 364 g/mol. The van der Waals surface area contributed by atoms with Crippen LogP contribution in [0, 0.1) is 0 Å². The molecule has 0 radical (unpaired) electrons. The summed E-state index contributed by atoms with van der Waals surface area (Å²) in [6.45, 7) is 11.0. The molecule has 28 heavy (non-hydrogen) atoms. The van der Waals surface area contributed by atoms with Crippen molar-refractivity contribution in [3.05, 3.63) is 0 Å². The molecule has 2 rings (SSSR count). The highest BCUT2D eigenvalue weighted by molar-refractivity contribution is 5.68. The summed E-state index contributed by atoms with van der Waals surface area (Å²) in [7, 11) is 0. The number of nitrogens with one attached hydrogen (secondary N) is 2. The number of carbonyl (C=O) groups excluding carboxylic acids is 2. The second kappa shape index (κ2) is 10.3. The van der Waals surface area contributed by atoms with E-state index in [0.717, 1.165) is 25.7 Å². The Morgan fingerprint density at radius 2 is 1.04 bits per heavy atom. The lowest BCUT2D eigenvalue weighted by Crippen LogP contribution is -2.38. The molecule has 8 nitrogen and oxygen atoms in total. The summed E-state index contributed by atoms with van der Waals surface area (Å²) < 4.78 is 10.2. The van der Waals surface area contributed by atoms with Crippen LogP contribution in [0.1, 0.15) is 80.1 Å². The Morgan fingerprint density at radius 3 is 1.25 bits per heavy atom. The maximum Gasteiger partial charge on any atom is 0.407 e.